The molecule has 66 valence electrons. The van der Waals surface area contributed by atoms with E-state index < -0.39 is 0 Å². The van der Waals surface area contributed by atoms with Gasteiger partial charge in [-0.05, 0) is 32.1 Å². The van der Waals surface area contributed by atoms with Crippen molar-refractivity contribution in [2.75, 3.05) is 0 Å². The first-order valence-corrected chi connectivity index (χ1v) is 4.97. The standard InChI is InChI=1S/C12H18/c1-2-4-6-8-10-12-11-9-7-5-3-1/h1-4,7,9H,5-6,8,10-12H2. The predicted molar refractivity (Wildman–Crippen MR) is 55.1 cm³/mol. The highest BCUT2D eigenvalue weighted by Crippen LogP contribution is 2.05. The van der Waals surface area contributed by atoms with Crippen LogP contribution in [-0.4, -0.2) is 0 Å². The Balaban J connectivity index is 2.31. The molecule has 0 N–H and O–H groups in total. The molecule has 0 unspecified atom stereocenters. The van der Waals surface area contributed by atoms with Gasteiger partial charge in [-0.1, -0.05) is 42.9 Å². The fraction of sp³-hybridized carbons (Fsp3) is 0.500. The summed E-state index contributed by atoms with van der Waals surface area (Å²) in [6.45, 7) is 0. The highest BCUT2D eigenvalue weighted by molar-refractivity contribution is 5.05. The second-order valence-electron chi connectivity index (χ2n) is 3.20. The number of rotatable bonds is 0. The molecule has 0 radical (unpaired) electrons. The smallest absolute Gasteiger partial charge is 0.0166 e. The van der Waals surface area contributed by atoms with E-state index in [1.807, 2.05) is 0 Å². The summed E-state index contributed by atoms with van der Waals surface area (Å²) in [4.78, 5) is 0. The lowest BCUT2D eigenvalue weighted by Crippen LogP contribution is -1.75. The molecule has 1 rings (SSSR count). The zero-order valence-corrected chi connectivity index (χ0v) is 7.71. The molecule has 0 aliphatic heterocycles. The van der Waals surface area contributed by atoms with Gasteiger partial charge in [-0.2, -0.15) is 0 Å². The largest absolute Gasteiger partial charge is 0.0882 e. The average molecular weight is 162 g/mol. The lowest BCUT2D eigenvalue weighted by atomic mass is 10.1. The van der Waals surface area contributed by atoms with Gasteiger partial charge >= 0.3 is 0 Å². The van der Waals surface area contributed by atoms with Crippen LogP contribution in [0.1, 0.15) is 38.5 Å². The van der Waals surface area contributed by atoms with E-state index in [2.05, 4.69) is 36.5 Å². The van der Waals surface area contributed by atoms with Crippen molar-refractivity contribution in [2.45, 2.75) is 38.5 Å². The minimum Gasteiger partial charge on any atom is -0.0882 e. The van der Waals surface area contributed by atoms with Crippen LogP contribution < -0.4 is 0 Å². The van der Waals surface area contributed by atoms with Gasteiger partial charge in [0.15, 0.2) is 0 Å². The van der Waals surface area contributed by atoms with Gasteiger partial charge in [-0.25, -0.2) is 0 Å². The first-order chi connectivity index (χ1) is 6.00. The molecule has 1 aliphatic rings. The molecule has 0 saturated heterocycles. The monoisotopic (exact) mass is 162 g/mol. The lowest BCUT2D eigenvalue weighted by Gasteiger charge is -1.95. The number of hydrogen-bond acceptors (Lipinski definition) is 0. The molecular weight excluding hydrogens is 144 g/mol. The van der Waals surface area contributed by atoms with Crippen LogP contribution in [-0.2, 0) is 0 Å². The SMILES string of the molecule is C1=CCC=CCCCCCC=C1. The maximum atomic E-state index is 2.30. The highest BCUT2D eigenvalue weighted by atomic mass is 13.9. The summed E-state index contributed by atoms with van der Waals surface area (Å²) in [5, 5.41) is 0. The van der Waals surface area contributed by atoms with Gasteiger partial charge in [0.25, 0.3) is 0 Å². The Hall–Kier alpha value is -0.780. The molecule has 0 heterocycles. The van der Waals surface area contributed by atoms with Crippen LogP contribution in [0.25, 0.3) is 0 Å². The van der Waals surface area contributed by atoms with Gasteiger partial charge in [0.1, 0.15) is 0 Å². The molecule has 1 aliphatic carbocycles. The Morgan fingerprint density at radius 1 is 0.583 bits per heavy atom. The van der Waals surface area contributed by atoms with E-state index in [1.54, 1.807) is 0 Å². The van der Waals surface area contributed by atoms with Crippen molar-refractivity contribution in [3.8, 4) is 0 Å². The van der Waals surface area contributed by atoms with Crippen LogP contribution in [0.5, 0.6) is 0 Å². The molecule has 0 aromatic heterocycles. The molecular formula is C12H18. The fourth-order valence-electron chi connectivity index (χ4n) is 1.33. The van der Waals surface area contributed by atoms with Crippen LogP contribution in [0.4, 0.5) is 0 Å². The molecule has 0 fully saturated rings. The molecule has 0 amide bonds. The maximum Gasteiger partial charge on any atom is -0.0166 e. The van der Waals surface area contributed by atoms with E-state index in [0.29, 0.717) is 0 Å². The Kier molecular flexibility index (Phi) is 5.35. The number of allylic oxidation sites excluding steroid dienone is 6. The van der Waals surface area contributed by atoms with Gasteiger partial charge in [0, 0.05) is 0 Å². The van der Waals surface area contributed by atoms with E-state index in [-0.39, 0.29) is 0 Å². The van der Waals surface area contributed by atoms with Crippen molar-refractivity contribution in [2.24, 2.45) is 0 Å². The summed E-state index contributed by atoms with van der Waals surface area (Å²) < 4.78 is 0. The van der Waals surface area contributed by atoms with Crippen molar-refractivity contribution in [3.63, 3.8) is 0 Å². The summed E-state index contributed by atoms with van der Waals surface area (Å²) >= 11 is 0. The lowest BCUT2D eigenvalue weighted by molar-refractivity contribution is 0.695. The summed E-state index contributed by atoms with van der Waals surface area (Å²) in [7, 11) is 0. The summed E-state index contributed by atoms with van der Waals surface area (Å²) in [5.41, 5.74) is 0. The third kappa shape index (κ3) is 4.95. The molecule has 12 heavy (non-hydrogen) atoms. The fourth-order valence-corrected chi connectivity index (χ4v) is 1.33. The van der Waals surface area contributed by atoms with Crippen molar-refractivity contribution < 1.29 is 0 Å². The van der Waals surface area contributed by atoms with Crippen LogP contribution in [0.3, 0.4) is 0 Å². The van der Waals surface area contributed by atoms with E-state index in [4.69, 9.17) is 0 Å². The third-order valence-electron chi connectivity index (χ3n) is 2.06. The second kappa shape index (κ2) is 6.90. The molecule has 0 saturated carbocycles. The molecule has 0 aromatic carbocycles. The van der Waals surface area contributed by atoms with Gasteiger partial charge in [-0.15, -0.1) is 0 Å². The Morgan fingerprint density at radius 3 is 2.25 bits per heavy atom. The first kappa shape index (κ1) is 9.31. The quantitative estimate of drug-likeness (QED) is 0.472. The minimum atomic E-state index is 1.09. The van der Waals surface area contributed by atoms with E-state index in [1.165, 1.54) is 32.1 Å². The van der Waals surface area contributed by atoms with Crippen LogP contribution in [0.15, 0.2) is 36.5 Å². The molecule has 0 bridgehead atoms. The maximum absolute atomic E-state index is 2.30. The molecule has 0 heteroatoms. The van der Waals surface area contributed by atoms with Crippen LogP contribution >= 0.6 is 0 Å². The van der Waals surface area contributed by atoms with Crippen molar-refractivity contribution in [1.82, 2.24) is 0 Å². The first-order valence-electron chi connectivity index (χ1n) is 4.97. The van der Waals surface area contributed by atoms with Crippen LogP contribution in [0.2, 0.25) is 0 Å². The van der Waals surface area contributed by atoms with Crippen molar-refractivity contribution in [3.05, 3.63) is 36.5 Å². The third-order valence-corrected chi connectivity index (χ3v) is 2.06. The minimum absolute atomic E-state index is 1.09. The topological polar surface area (TPSA) is 0 Å². The van der Waals surface area contributed by atoms with E-state index in [9.17, 15) is 0 Å². The predicted octanol–water partition coefficient (Wildman–Crippen LogP) is 4.01. The zero-order valence-electron chi connectivity index (χ0n) is 7.71. The molecule has 0 atom stereocenters. The number of hydrogen-bond donors (Lipinski definition) is 0. The highest BCUT2D eigenvalue weighted by Gasteiger charge is 1.85. The van der Waals surface area contributed by atoms with E-state index >= 15 is 0 Å². The summed E-state index contributed by atoms with van der Waals surface area (Å²) in [6.07, 6.45) is 21.0. The summed E-state index contributed by atoms with van der Waals surface area (Å²) in [5.74, 6) is 0. The Bertz CT molecular complexity index is 172. The molecule has 0 spiro atoms. The van der Waals surface area contributed by atoms with Gasteiger partial charge < -0.3 is 0 Å². The molecule has 0 nitrogen and oxygen atoms in total. The van der Waals surface area contributed by atoms with E-state index in [0.717, 1.165) is 6.42 Å². The van der Waals surface area contributed by atoms with Gasteiger partial charge in [0.05, 0.1) is 0 Å². The van der Waals surface area contributed by atoms with Crippen molar-refractivity contribution >= 4 is 0 Å². The Labute approximate surface area is 75.7 Å². The van der Waals surface area contributed by atoms with Gasteiger partial charge in [-0.3, -0.25) is 0 Å². The zero-order chi connectivity index (χ0) is 8.49. The molecule has 0 aromatic rings. The second-order valence-corrected chi connectivity index (χ2v) is 3.20. The van der Waals surface area contributed by atoms with Crippen molar-refractivity contribution in [1.29, 1.82) is 0 Å². The average Bonchev–Trinajstić information content (AvgIpc) is 2.05. The summed E-state index contributed by atoms with van der Waals surface area (Å²) in [6, 6.07) is 0. The Morgan fingerprint density at radius 2 is 1.33 bits per heavy atom. The normalized spacial score (nSPS) is 20.0. The van der Waals surface area contributed by atoms with Gasteiger partial charge in [0.2, 0.25) is 0 Å². The van der Waals surface area contributed by atoms with Crippen LogP contribution in [0, 0.1) is 0 Å².